The average Bonchev–Trinajstić information content (AvgIpc) is 2.82. The second-order valence-corrected chi connectivity index (χ2v) is 5.54. The van der Waals surface area contributed by atoms with Crippen LogP contribution in [0.5, 0.6) is 5.75 Å². The molecule has 1 aliphatic carbocycles. The number of hydrogen-bond acceptors (Lipinski definition) is 5. The monoisotopic (exact) mass is 289 g/mol. The molecule has 6 heteroatoms. The Morgan fingerprint density at radius 3 is 3.05 bits per heavy atom. The fourth-order valence-electron chi connectivity index (χ4n) is 2.92. The van der Waals surface area contributed by atoms with E-state index in [2.05, 4.69) is 6.07 Å². The van der Waals surface area contributed by atoms with Crippen LogP contribution in [0, 0.1) is 34.3 Å². The molecule has 0 aromatic heterocycles. The van der Waals surface area contributed by atoms with Gasteiger partial charge in [0.1, 0.15) is 11.3 Å². The number of ether oxygens (including phenoxy) is 1. The summed E-state index contributed by atoms with van der Waals surface area (Å²) in [5.41, 5.74) is 5.90. The van der Waals surface area contributed by atoms with Gasteiger partial charge >= 0.3 is 0 Å². The Labute approximate surface area is 123 Å². The molecule has 0 spiro atoms. The maximum Gasteiger partial charge on any atom is 0.276 e. The van der Waals surface area contributed by atoms with Gasteiger partial charge in [0.25, 0.3) is 5.69 Å². The molecule has 1 aromatic carbocycles. The van der Waals surface area contributed by atoms with E-state index in [4.69, 9.17) is 15.7 Å². The minimum Gasteiger partial charge on any atom is -0.493 e. The number of rotatable bonds is 5. The van der Waals surface area contributed by atoms with Gasteiger partial charge in [-0.15, -0.1) is 0 Å². The maximum absolute atomic E-state index is 10.9. The molecule has 0 radical (unpaired) electrons. The number of nitro groups is 1. The topological polar surface area (TPSA) is 102 Å². The molecule has 6 nitrogen and oxygen atoms in total. The van der Waals surface area contributed by atoms with E-state index in [1.54, 1.807) is 19.1 Å². The lowest BCUT2D eigenvalue weighted by Gasteiger charge is -2.23. The molecule has 1 aromatic rings. The van der Waals surface area contributed by atoms with Gasteiger partial charge in [-0.25, -0.2) is 0 Å². The average molecular weight is 289 g/mol. The summed E-state index contributed by atoms with van der Waals surface area (Å²) in [5, 5.41) is 20.0. The van der Waals surface area contributed by atoms with Gasteiger partial charge in [-0.2, -0.15) is 5.26 Å². The van der Waals surface area contributed by atoms with Crippen molar-refractivity contribution in [3.05, 3.63) is 33.9 Å². The highest BCUT2D eigenvalue weighted by Gasteiger charge is 2.39. The van der Waals surface area contributed by atoms with Gasteiger partial charge in [0.15, 0.2) is 0 Å². The number of nitro benzene ring substituents is 1. The van der Waals surface area contributed by atoms with Gasteiger partial charge in [0.05, 0.1) is 23.2 Å². The summed E-state index contributed by atoms with van der Waals surface area (Å²) in [6, 6.07) is 6.99. The molecule has 1 saturated carbocycles. The smallest absolute Gasteiger partial charge is 0.276 e. The zero-order valence-corrected chi connectivity index (χ0v) is 12.0. The zero-order valence-electron chi connectivity index (χ0n) is 12.0. The summed E-state index contributed by atoms with van der Waals surface area (Å²) >= 11 is 0. The Morgan fingerprint density at radius 1 is 1.62 bits per heavy atom. The highest BCUT2D eigenvalue weighted by molar-refractivity contribution is 5.48. The molecule has 112 valence electrons. The van der Waals surface area contributed by atoms with E-state index in [9.17, 15) is 10.1 Å². The van der Waals surface area contributed by atoms with Crippen molar-refractivity contribution in [3.8, 4) is 11.8 Å². The molecule has 0 saturated heterocycles. The third-order valence-corrected chi connectivity index (χ3v) is 4.26. The molecule has 0 amide bonds. The highest BCUT2D eigenvalue weighted by atomic mass is 16.6. The second kappa shape index (κ2) is 6.10. The third-order valence-electron chi connectivity index (χ3n) is 4.26. The Hall–Kier alpha value is -2.13. The molecule has 2 atom stereocenters. The number of nitrogens with zero attached hydrogens (tertiary/aromatic N) is 2. The minimum absolute atomic E-state index is 0.0542. The Kier molecular flexibility index (Phi) is 4.43. The van der Waals surface area contributed by atoms with Gasteiger partial charge in [-0.3, -0.25) is 10.1 Å². The predicted octanol–water partition coefficient (Wildman–Crippen LogP) is 2.69. The molecule has 21 heavy (non-hydrogen) atoms. The fourth-order valence-corrected chi connectivity index (χ4v) is 2.92. The van der Waals surface area contributed by atoms with Crippen LogP contribution in [0.2, 0.25) is 0 Å². The van der Waals surface area contributed by atoms with Crippen molar-refractivity contribution in [1.82, 2.24) is 0 Å². The minimum atomic E-state index is -0.749. The summed E-state index contributed by atoms with van der Waals surface area (Å²) in [5.74, 6) is 0.642. The van der Waals surface area contributed by atoms with Gasteiger partial charge in [0, 0.05) is 6.07 Å². The summed E-state index contributed by atoms with van der Waals surface area (Å²) in [7, 11) is 0. The first-order valence-electron chi connectivity index (χ1n) is 7.05. The SMILES string of the molecule is Cc1c(OCCC2CCCC2(N)C#N)cccc1[N+](=O)[O-]. The third kappa shape index (κ3) is 3.14. The van der Waals surface area contributed by atoms with E-state index in [1.165, 1.54) is 6.07 Å². The van der Waals surface area contributed by atoms with Crippen LogP contribution in [-0.4, -0.2) is 17.1 Å². The van der Waals surface area contributed by atoms with Gasteiger partial charge in [-0.1, -0.05) is 12.5 Å². The molecule has 1 fully saturated rings. The van der Waals surface area contributed by atoms with E-state index in [0.29, 0.717) is 24.3 Å². The van der Waals surface area contributed by atoms with E-state index in [-0.39, 0.29) is 11.6 Å². The van der Waals surface area contributed by atoms with Crippen LogP contribution >= 0.6 is 0 Å². The Bertz CT molecular complexity index is 582. The van der Waals surface area contributed by atoms with Gasteiger partial charge in [-0.05, 0) is 38.2 Å². The molecular weight excluding hydrogens is 270 g/mol. The summed E-state index contributed by atoms with van der Waals surface area (Å²) < 4.78 is 5.66. The first kappa shape index (κ1) is 15.3. The standard InChI is InChI=1S/C15H19N3O3/c1-11-13(18(19)20)5-2-6-14(11)21-9-7-12-4-3-8-15(12,17)10-16/h2,5-6,12H,3-4,7-9,17H2,1H3. The Balaban J connectivity index is 1.97. The lowest BCUT2D eigenvalue weighted by atomic mass is 9.87. The van der Waals surface area contributed by atoms with Crippen LogP contribution in [0.4, 0.5) is 5.69 Å². The maximum atomic E-state index is 10.9. The lowest BCUT2D eigenvalue weighted by molar-refractivity contribution is -0.385. The van der Waals surface area contributed by atoms with E-state index >= 15 is 0 Å². The Morgan fingerprint density at radius 2 is 2.38 bits per heavy atom. The molecule has 1 aliphatic rings. The van der Waals surface area contributed by atoms with Crippen molar-refractivity contribution in [1.29, 1.82) is 5.26 Å². The normalized spacial score (nSPS) is 24.5. The van der Waals surface area contributed by atoms with Crippen LogP contribution < -0.4 is 10.5 Å². The van der Waals surface area contributed by atoms with Crippen molar-refractivity contribution in [2.24, 2.45) is 11.7 Å². The predicted molar refractivity (Wildman–Crippen MR) is 77.8 cm³/mol. The quantitative estimate of drug-likeness (QED) is 0.663. The molecule has 2 N–H and O–H groups in total. The van der Waals surface area contributed by atoms with E-state index < -0.39 is 10.5 Å². The fraction of sp³-hybridized carbons (Fsp3) is 0.533. The van der Waals surface area contributed by atoms with Crippen LogP contribution in [-0.2, 0) is 0 Å². The van der Waals surface area contributed by atoms with E-state index in [1.807, 2.05) is 0 Å². The van der Waals surface area contributed by atoms with E-state index in [0.717, 1.165) is 19.3 Å². The number of nitrogens with two attached hydrogens (primary N) is 1. The molecule has 0 heterocycles. The number of benzene rings is 1. The zero-order chi connectivity index (χ0) is 15.5. The summed E-state index contributed by atoms with van der Waals surface area (Å²) in [4.78, 5) is 10.5. The molecule has 0 bridgehead atoms. The van der Waals surface area contributed by atoms with Crippen molar-refractivity contribution in [3.63, 3.8) is 0 Å². The molecule has 0 aliphatic heterocycles. The summed E-state index contributed by atoms with van der Waals surface area (Å²) in [6.07, 6.45) is 3.31. The molecular formula is C15H19N3O3. The van der Waals surface area contributed by atoms with Crippen molar-refractivity contribution in [2.45, 2.75) is 38.1 Å². The first-order valence-corrected chi connectivity index (χ1v) is 7.05. The largest absolute Gasteiger partial charge is 0.493 e. The molecule has 2 unspecified atom stereocenters. The van der Waals surface area contributed by atoms with Crippen molar-refractivity contribution in [2.75, 3.05) is 6.61 Å². The number of nitriles is 1. The highest BCUT2D eigenvalue weighted by Crippen LogP contribution is 2.36. The van der Waals surface area contributed by atoms with Crippen LogP contribution in [0.25, 0.3) is 0 Å². The lowest BCUT2D eigenvalue weighted by Crippen LogP contribution is -2.42. The van der Waals surface area contributed by atoms with Crippen LogP contribution in [0.3, 0.4) is 0 Å². The van der Waals surface area contributed by atoms with Crippen molar-refractivity contribution < 1.29 is 9.66 Å². The second-order valence-electron chi connectivity index (χ2n) is 5.54. The first-order chi connectivity index (χ1) is 9.98. The number of hydrogen-bond donors (Lipinski definition) is 1. The van der Waals surface area contributed by atoms with Gasteiger partial charge in [0.2, 0.25) is 0 Å². The summed E-state index contributed by atoms with van der Waals surface area (Å²) in [6.45, 7) is 2.08. The van der Waals surface area contributed by atoms with Gasteiger partial charge < -0.3 is 10.5 Å². The van der Waals surface area contributed by atoms with Crippen LogP contribution in [0.1, 0.15) is 31.2 Å². The van der Waals surface area contributed by atoms with Crippen molar-refractivity contribution >= 4 is 5.69 Å². The van der Waals surface area contributed by atoms with Crippen LogP contribution in [0.15, 0.2) is 18.2 Å². The molecule has 2 rings (SSSR count).